The second kappa shape index (κ2) is 6.10. The van der Waals surface area contributed by atoms with Gasteiger partial charge in [0.15, 0.2) is 5.75 Å². The molecule has 0 spiro atoms. The highest BCUT2D eigenvalue weighted by atomic mass is 35.5. The first-order chi connectivity index (χ1) is 13.1. The first-order valence-electron chi connectivity index (χ1n) is 8.37. The SMILES string of the molecule is O=C(O)c1c(O)c(C2(c3ccc(Cl)cc3)CC2)nc2ccc(C(F)(F)F)cc12. The number of fused-ring (bicyclic) bond motifs is 1. The maximum Gasteiger partial charge on any atom is 0.416 e. The summed E-state index contributed by atoms with van der Waals surface area (Å²) in [6.07, 6.45) is -3.39. The molecule has 28 heavy (non-hydrogen) atoms. The first kappa shape index (κ1) is 18.6. The zero-order valence-electron chi connectivity index (χ0n) is 14.2. The summed E-state index contributed by atoms with van der Waals surface area (Å²) in [6.45, 7) is 0. The molecule has 144 valence electrons. The zero-order chi connectivity index (χ0) is 20.3. The summed E-state index contributed by atoms with van der Waals surface area (Å²) in [7, 11) is 0. The fraction of sp³-hybridized carbons (Fsp3) is 0.200. The zero-order valence-corrected chi connectivity index (χ0v) is 15.0. The summed E-state index contributed by atoms with van der Waals surface area (Å²) in [5.41, 5.74) is -1.22. The minimum Gasteiger partial charge on any atom is -0.505 e. The number of alkyl halides is 3. The van der Waals surface area contributed by atoms with E-state index in [-0.39, 0.29) is 16.6 Å². The van der Waals surface area contributed by atoms with Crippen LogP contribution in [0.15, 0.2) is 42.5 Å². The molecule has 0 radical (unpaired) electrons. The van der Waals surface area contributed by atoms with Crippen molar-refractivity contribution in [3.63, 3.8) is 0 Å². The Hall–Kier alpha value is -2.80. The Kier molecular flexibility index (Phi) is 4.04. The molecular weight excluding hydrogens is 395 g/mol. The molecule has 8 heteroatoms. The van der Waals surface area contributed by atoms with E-state index in [0.717, 1.165) is 17.7 Å². The van der Waals surface area contributed by atoms with Crippen LogP contribution >= 0.6 is 11.6 Å². The molecule has 3 aromatic rings. The molecule has 0 atom stereocenters. The summed E-state index contributed by atoms with van der Waals surface area (Å²) in [4.78, 5) is 16.2. The van der Waals surface area contributed by atoms with E-state index in [0.29, 0.717) is 23.9 Å². The van der Waals surface area contributed by atoms with Crippen LogP contribution in [-0.4, -0.2) is 21.2 Å². The number of nitrogens with zero attached hydrogens (tertiary/aromatic N) is 1. The third-order valence-corrected chi connectivity index (χ3v) is 5.35. The molecule has 4 rings (SSSR count). The highest BCUT2D eigenvalue weighted by Crippen LogP contribution is 2.56. The second-order valence-electron chi connectivity index (χ2n) is 6.81. The van der Waals surface area contributed by atoms with Gasteiger partial charge in [0, 0.05) is 15.8 Å². The van der Waals surface area contributed by atoms with Crippen molar-refractivity contribution >= 4 is 28.5 Å². The monoisotopic (exact) mass is 407 g/mol. The lowest BCUT2D eigenvalue weighted by atomic mass is 9.89. The van der Waals surface area contributed by atoms with Gasteiger partial charge < -0.3 is 10.2 Å². The van der Waals surface area contributed by atoms with Gasteiger partial charge in [-0.05, 0) is 48.7 Å². The number of carboxylic acid groups (broad SMARTS) is 1. The van der Waals surface area contributed by atoms with Crippen molar-refractivity contribution in [3.05, 3.63) is 69.9 Å². The maximum atomic E-state index is 13.0. The summed E-state index contributed by atoms with van der Waals surface area (Å²) in [5, 5.41) is 20.6. The van der Waals surface area contributed by atoms with Crippen molar-refractivity contribution in [1.82, 2.24) is 4.98 Å². The smallest absolute Gasteiger partial charge is 0.416 e. The molecule has 0 saturated heterocycles. The van der Waals surface area contributed by atoms with Gasteiger partial charge in [0.1, 0.15) is 5.56 Å². The molecule has 1 aliphatic rings. The minimum absolute atomic E-state index is 0.0819. The molecular formula is C20H13ClF3NO3. The number of aromatic carboxylic acids is 1. The lowest BCUT2D eigenvalue weighted by molar-refractivity contribution is -0.137. The molecule has 1 heterocycles. The molecule has 2 aromatic carbocycles. The lowest BCUT2D eigenvalue weighted by Gasteiger charge is -2.19. The van der Waals surface area contributed by atoms with E-state index in [1.54, 1.807) is 24.3 Å². The van der Waals surface area contributed by atoms with Crippen LogP contribution in [0.4, 0.5) is 13.2 Å². The Morgan fingerprint density at radius 1 is 1.11 bits per heavy atom. The highest BCUT2D eigenvalue weighted by Gasteiger charge is 2.50. The van der Waals surface area contributed by atoms with Crippen LogP contribution in [0.2, 0.25) is 5.02 Å². The van der Waals surface area contributed by atoms with Crippen molar-refractivity contribution in [2.75, 3.05) is 0 Å². The van der Waals surface area contributed by atoms with E-state index >= 15 is 0 Å². The Bertz CT molecular complexity index is 1110. The van der Waals surface area contributed by atoms with E-state index < -0.39 is 34.4 Å². The molecule has 4 nitrogen and oxygen atoms in total. The van der Waals surface area contributed by atoms with Crippen LogP contribution in [0, 0.1) is 0 Å². The maximum absolute atomic E-state index is 13.0. The summed E-state index contributed by atoms with van der Waals surface area (Å²) in [5.74, 6) is -2.12. The summed E-state index contributed by atoms with van der Waals surface area (Å²) >= 11 is 5.92. The van der Waals surface area contributed by atoms with E-state index in [4.69, 9.17) is 11.6 Å². The molecule has 1 aromatic heterocycles. The van der Waals surface area contributed by atoms with E-state index in [2.05, 4.69) is 4.98 Å². The average Bonchev–Trinajstić information content (AvgIpc) is 3.41. The Morgan fingerprint density at radius 3 is 2.29 bits per heavy atom. The largest absolute Gasteiger partial charge is 0.505 e. The summed E-state index contributed by atoms with van der Waals surface area (Å²) < 4.78 is 39.1. The number of carbonyl (C=O) groups is 1. The van der Waals surface area contributed by atoms with Gasteiger partial charge >= 0.3 is 12.1 Å². The van der Waals surface area contributed by atoms with Gasteiger partial charge in [-0.1, -0.05) is 23.7 Å². The van der Waals surface area contributed by atoms with Gasteiger partial charge in [-0.3, -0.25) is 0 Å². The number of halogens is 4. The third-order valence-electron chi connectivity index (χ3n) is 5.10. The predicted molar refractivity (Wildman–Crippen MR) is 96.8 cm³/mol. The summed E-state index contributed by atoms with van der Waals surface area (Å²) in [6, 6.07) is 9.60. The van der Waals surface area contributed by atoms with Gasteiger partial charge in [-0.2, -0.15) is 13.2 Å². The molecule has 2 N–H and O–H groups in total. The number of aromatic hydroxyl groups is 1. The number of aromatic nitrogens is 1. The number of hydrogen-bond acceptors (Lipinski definition) is 3. The molecule has 1 aliphatic carbocycles. The lowest BCUT2D eigenvalue weighted by Crippen LogP contribution is -2.14. The van der Waals surface area contributed by atoms with Crippen LogP contribution in [-0.2, 0) is 11.6 Å². The van der Waals surface area contributed by atoms with Crippen molar-refractivity contribution in [2.45, 2.75) is 24.4 Å². The number of hydrogen-bond donors (Lipinski definition) is 2. The fourth-order valence-corrected chi connectivity index (χ4v) is 3.66. The minimum atomic E-state index is -4.64. The van der Waals surface area contributed by atoms with E-state index in [9.17, 15) is 28.2 Å². The molecule has 0 amide bonds. The van der Waals surface area contributed by atoms with Crippen molar-refractivity contribution in [1.29, 1.82) is 0 Å². The van der Waals surface area contributed by atoms with Gasteiger partial charge in [-0.15, -0.1) is 0 Å². The number of pyridine rings is 1. The van der Waals surface area contributed by atoms with Gasteiger partial charge in [0.25, 0.3) is 0 Å². The van der Waals surface area contributed by atoms with Gasteiger partial charge in [0.05, 0.1) is 16.8 Å². The van der Waals surface area contributed by atoms with Gasteiger partial charge in [0.2, 0.25) is 0 Å². The third kappa shape index (κ3) is 2.86. The average molecular weight is 408 g/mol. The topological polar surface area (TPSA) is 70.4 Å². The first-order valence-corrected chi connectivity index (χ1v) is 8.75. The Labute approximate surface area is 162 Å². The van der Waals surface area contributed by atoms with E-state index in [1.807, 2.05) is 0 Å². The highest BCUT2D eigenvalue weighted by molar-refractivity contribution is 6.30. The normalized spacial score (nSPS) is 15.6. The predicted octanol–water partition coefficient (Wildman–Crippen LogP) is 5.39. The quantitative estimate of drug-likeness (QED) is 0.610. The molecule has 0 aliphatic heterocycles. The van der Waals surface area contributed by atoms with Crippen molar-refractivity contribution in [3.8, 4) is 5.75 Å². The molecule has 1 fully saturated rings. The van der Waals surface area contributed by atoms with Crippen LogP contribution in [0.3, 0.4) is 0 Å². The fourth-order valence-electron chi connectivity index (χ4n) is 3.54. The second-order valence-corrected chi connectivity index (χ2v) is 7.24. The van der Waals surface area contributed by atoms with Crippen LogP contribution in [0.25, 0.3) is 10.9 Å². The van der Waals surface area contributed by atoms with Crippen LogP contribution in [0.5, 0.6) is 5.75 Å². The number of rotatable bonds is 3. The molecule has 0 unspecified atom stereocenters. The number of carboxylic acids is 1. The van der Waals surface area contributed by atoms with Gasteiger partial charge in [-0.25, -0.2) is 9.78 Å². The van der Waals surface area contributed by atoms with Crippen LogP contribution < -0.4 is 0 Å². The van der Waals surface area contributed by atoms with E-state index in [1.165, 1.54) is 0 Å². The van der Waals surface area contributed by atoms with Crippen molar-refractivity contribution in [2.24, 2.45) is 0 Å². The number of benzene rings is 2. The molecule has 0 bridgehead atoms. The van der Waals surface area contributed by atoms with Crippen LogP contribution in [0.1, 0.15) is 40.0 Å². The standard InChI is InChI=1S/C20H13ClF3NO3/c21-12-4-1-10(2-5-12)19(7-8-19)17-16(26)15(18(27)28)13-9-11(20(22,23)24)3-6-14(13)25-17/h1-6,9,26H,7-8H2,(H,27,28). The molecule has 1 saturated carbocycles. The Morgan fingerprint density at radius 2 is 1.75 bits per heavy atom. The Balaban J connectivity index is 1.97. The van der Waals surface area contributed by atoms with Crippen molar-refractivity contribution < 1.29 is 28.2 Å².